The zero-order chi connectivity index (χ0) is 45.7. The molecule has 2 N–H and O–H groups in total. The van der Waals surface area contributed by atoms with Gasteiger partial charge in [-0.1, -0.05) is 117 Å². The van der Waals surface area contributed by atoms with Crippen molar-refractivity contribution in [1.82, 2.24) is 10.2 Å². The molecule has 5 atom stereocenters. The molecule has 334 valence electrons. The van der Waals surface area contributed by atoms with Crippen molar-refractivity contribution in [3.05, 3.63) is 196 Å². The summed E-state index contributed by atoms with van der Waals surface area (Å²) in [6, 6.07) is 38.8. The van der Waals surface area contributed by atoms with Crippen molar-refractivity contribution < 1.29 is 52.7 Å². The number of rotatable bonds is 17. The van der Waals surface area contributed by atoms with E-state index in [2.05, 4.69) is 10.2 Å². The lowest BCUT2D eigenvalue weighted by atomic mass is 9.95. The number of nitrogens with zero attached hydrogens (tertiary/aromatic N) is 1. The Kier molecular flexibility index (Phi) is 15.3. The topological polar surface area (TPSA) is 173 Å². The van der Waals surface area contributed by atoms with Crippen LogP contribution >= 0.6 is 0 Å². The van der Waals surface area contributed by atoms with Crippen molar-refractivity contribution >= 4 is 30.0 Å². The summed E-state index contributed by atoms with van der Waals surface area (Å²) < 4.78 is 37.8. The lowest BCUT2D eigenvalue weighted by Crippen LogP contribution is -2.64. The summed E-state index contributed by atoms with van der Waals surface area (Å²) in [6.07, 6.45) is -2.93. The van der Waals surface area contributed by atoms with Crippen LogP contribution in [0.1, 0.15) is 95.6 Å². The Labute approximate surface area is 376 Å². The number of hydrogen-bond acceptors (Lipinski definition) is 12. The van der Waals surface area contributed by atoms with Gasteiger partial charge in [0, 0.05) is 24.3 Å². The molecule has 1 aliphatic rings. The van der Waals surface area contributed by atoms with Gasteiger partial charge in [-0.25, -0.2) is 19.2 Å². The molecule has 1 aliphatic heterocycles. The average Bonchev–Trinajstić information content (AvgIpc) is 3.73. The first-order valence-electron chi connectivity index (χ1n) is 21.4. The highest BCUT2D eigenvalue weighted by Gasteiger charge is 2.54. The highest BCUT2D eigenvalue weighted by atomic mass is 16.7. The van der Waals surface area contributed by atoms with E-state index >= 15 is 0 Å². The van der Waals surface area contributed by atoms with Crippen LogP contribution in [0.15, 0.2) is 146 Å². The molecule has 0 saturated carbocycles. The molecule has 0 unspecified atom stereocenters. The molecule has 5 aromatic carbocycles. The molecule has 1 fully saturated rings. The first-order chi connectivity index (χ1) is 31.6. The molecule has 1 saturated heterocycles. The van der Waals surface area contributed by atoms with Crippen molar-refractivity contribution in [3.63, 3.8) is 0 Å². The third kappa shape index (κ3) is 11.6. The maximum Gasteiger partial charge on any atom is 0.338 e. The molecule has 0 radical (unpaired) electrons. The fourth-order valence-electron chi connectivity index (χ4n) is 7.34. The van der Waals surface area contributed by atoms with Crippen molar-refractivity contribution in [2.45, 2.75) is 70.2 Å². The minimum Gasteiger partial charge on any atom is -0.459 e. The second-order valence-electron chi connectivity index (χ2n) is 15.7. The summed E-state index contributed by atoms with van der Waals surface area (Å²) in [7, 11) is 0. The fraction of sp³-hybridized carbons (Fsp3) is 0.250. The number of aryl methyl sites for hydroxylation is 1. The van der Waals surface area contributed by atoms with E-state index in [1.54, 1.807) is 121 Å². The zero-order valence-corrected chi connectivity index (χ0v) is 36.2. The van der Waals surface area contributed by atoms with Gasteiger partial charge in [-0.05, 0) is 84.5 Å². The molecule has 0 amide bonds. The molecule has 13 heteroatoms. The van der Waals surface area contributed by atoms with Crippen LogP contribution in [0, 0.1) is 6.92 Å². The summed E-state index contributed by atoms with van der Waals surface area (Å²) in [6.45, 7) is 5.56. The number of aromatic amines is 1. The van der Waals surface area contributed by atoms with Crippen LogP contribution < -0.4 is 4.74 Å². The Morgan fingerprint density at radius 3 is 1.71 bits per heavy atom. The number of aliphatic hydroxyl groups is 1. The van der Waals surface area contributed by atoms with Gasteiger partial charge >= 0.3 is 23.9 Å². The molecule has 6 aromatic rings. The van der Waals surface area contributed by atoms with Crippen molar-refractivity contribution in [2.24, 2.45) is 0 Å². The number of carbonyl (C=O) groups is 4. The third-order valence-electron chi connectivity index (χ3n) is 10.7. The average molecular weight is 879 g/mol. The Bertz CT molecular complexity index is 2560. The monoisotopic (exact) mass is 878 g/mol. The first kappa shape index (κ1) is 45.7. The second kappa shape index (κ2) is 21.8. The number of nitrogens with one attached hydrogen (secondary N) is 1. The minimum absolute atomic E-state index is 0.0404. The fourth-order valence-corrected chi connectivity index (χ4v) is 7.34. The number of ether oxygens (including phenoxy) is 6. The number of H-pyrrole nitrogens is 1. The lowest BCUT2D eigenvalue weighted by molar-refractivity contribution is -0.276. The van der Waals surface area contributed by atoms with E-state index in [9.17, 15) is 24.3 Å². The highest BCUT2D eigenvalue weighted by Crippen LogP contribution is 2.35. The predicted molar refractivity (Wildman–Crippen MR) is 240 cm³/mol. The van der Waals surface area contributed by atoms with E-state index in [1.165, 1.54) is 0 Å². The Morgan fingerprint density at radius 2 is 1.20 bits per heavy atom. The van der Waals surface area contributed by atoms with E-state index in [4.69, 9.17) is 28.4 Å². The zero-order valence-electron chi connectivity index (χ0n) is 36.2. The molecule has 0 aliphatic carbocycles. The number of aliphatic hydroxyl groups excluding tert-OH is 1. The largest absolute Gasteiger partial charge is 0.459 e. The number of esters is 4. The molecule has 0 spiro atoms. The SMILES string of the molecule is Cc1cc(/C=C/CCO)ccc1Cc1c(O[C@H]2O[C@H](COC(=O)c3ccccc3)[C@@H](OC(=O)c3ccccc3)[C@H](OC(=O)c3ccccc3)[C@H]2OC(=O)c2ccccc2)n[nH]c1C(C)C. The van der Waals surface area contributed by atoms with Gasteiger partial charge in [-0.2, -0.15) is 0 Å². The maximum atomic E-state index is 14.1. The molecular weight excluding hydrogens is 829 g/mol. The lowest BCUT2D eigenvalue weighted by Gasteiger charge is -2.44. The van der Waals surface area contributed by atoms with Crippen LogP contribution in [0.25, 0.3) is 6.08 Å². The summed E-state index contributed by atoms with van der Waals surface area (Å²) in [5.41, 5.74) is 5.16. The normalized spacial score (nSPS) is 18.2. The molecule has 7 rings (SSSR count). The van der Waals surface area contributed by atoms with Gasteiger partial charge in [0.2, 0.25) is 18.3 Å². The van der Waals surface area contributed by atoms with Gasteiger partial charge in [-0.3, -0.25) is 5.10 Å². The van der Waals surface area contributed by atoms with E-state index in [-0.39, 0.29) is 40.7 Å². The Morgan fingerprint density at radius 1 is 0.692 bits per heavy atom. The Hall–Kier alpha value is -7.35. The Balaban J connectivity index is 1.32. The van der Waals surface area contributed by atoms with Gasteiger partial charge < -0.3 is 33.5 Å². The van der Waals surface area contributed by atoms with Gasteiger partial charge in [0.05, 0.1) is 22.3 Å². The van der Waals surface area contributed by atoms with Crippen LogP contribution in [0.4, 0.5) is 0 Å². The van der Waals surface area contributed by atoms with Gasteiger partial charge in [0.1, 0.15) is 12.7 Å². The van der Waals surface area contributed by atoms with Crippen molar-refractivity contribution in [2.75, 3.05) is 13.2 Å². The van der Waals surface area contributed by atoms with Crippen LogP contribution in [0.5, 0.6) is 5.88 Å². The molecule has 2 heterocycles. The van der Waals surface area contributed by atoms with Gasteiger partial charge in [-0.15, -0.1) is 5.10 Å². The summed E-state index contributed by atoms with van der Waals surface area (Å²) >= 11 is 0. The van der Waals surface area contributed by atoms with Crippen LogP contribution in [0.3, 0.4) is 0 Å². The van der Waals surface area contributed by atoms with Gasteiger partial charge in [0.15, 0.2) is 12.2 Å². The quantitative estimate of drug-likeness (QED) is 0.0662. The van der Waals surface area contributed by atoms with Crippen molar-refractivity contribution in [1.29, 1.82) is 0 Å². The maximum absolute atomic E-state index is 14.1. The van der Waals surface area contributed by atoms with Crippen LogP contribution in [0.2, 0.25) is 0 Å². The standard InChI is InChI=1S/C52H50N2O11/c1-33(2)43-41(31-40-28-27-35(30-34(40)3)18-16-17-29-55)47(54-53-43)65-52-46(64-51(59)39-25-14-7-15-26-39)45(63-50(58)38-23-12-6-13-24-38)44(62-49(57)37-21-10-5-11-22-37)42(61-52)32-60-48(56)36-19-8-4-9-20-36/h4-16,18-28,30,33,42,44-46,52,55H,17,29,31-32H2,1-3H3,(H,53,54)/b18-16+/t42-,44-,45+,46-,52-/m1/s1. The van der Waals surface area contributed by atoms with E-state index in [1.807, 2.05) is 51.1 Å². The number of hydrogen-bond donors (Lipinski definition) is 2. The number of carbonyl (C=O) groups excluding carboxylic acids is 4. The summed E-state index contributed by atoms with van der Waals surface area (Å²) in [4.78, 5) is 55.5. The smallest absolute Gasteiger partial charge is 0.338 e. The molecular formula is C52H50N2O11. The minimum atomic E-state index is -1.61. The number of benzene rings is 5. The molecule has 1 aromatic heterocycles. The summed E-state index contributed by atoms with van der Waals surface area (Å²) in [5, 5.41) is 17.0. The molecule has 0 bridgehead atoms. The van der Waals surface area contributed by atoms with Crippen molar-refractivity contribution in [3.8, 4) is 5.88 Å². The predicted octanol–water partition coefficient (Wildman–Crippen LogP) is 8.47. The highest BCUT2D eigenvalue weighted by molar-refractivity contribution is 5.91. The second-order valence-corrected chi connectivity index (χ2v) is 15.7. The number of aromatic nitrogens is 2. The molecule has 65 heavy (non-hydrogen) atoms. The third-order valence-corrected chi connectivity index (χ3v) is 10.7. The van der Waals surface area contributed by atoms with Crippen LogP contribution in [-0.2, 0) is 30.1 Å². The van der Waals surface area contributed by atoms with Crippen LogP contribution in [-0.4, -0.2) is 83.1 Å². The van der Waals surface area contributed by atoms with E-state index in [0.717, 1.165) is 22.4 Å². The molecule has 13 nitrogen and oxygen atoms in total. The van der Waals surface area contributed by atoms with E-state index < -0.39 is 61.2 Å². The summed E-state index contributed by atoms with van der Waals surface area (Å²) in [5.74, 6) is -3.08. The van der Waals surface area contributed by atoms with Gasteiger partial charge in [0.25, 0.3) is 0 Å². The van der Waals surface area contributed by atoms with E-state index in [0.29, 0.717) is 18.4 Å². The first-order valence-corrected chi connectivity index (χ1v) is 21.4.